The monoisotopic (exact) mass is 359 g/mol. The van der Waals surface area contributed by atoms with Crippen LogP contribution in [0.1, 0.15) is 24.1 Å². The molecule has 1 nitrogen and oxygen atoms in total. The van der Waals surface area contributed by atoms with Gasteiger partial charge < -0.3 is 5.32 Å². The summed E-state index contributed by atoms with van der Waals surface area (Å²) in [5, 5.41) is 3.54. The lowest BCUT2D eigenvalue weighted by molar-refractivity contribution is 0.552. The fourth-order valence-corrected chi connectivity index (χ4v) is 2.89. The summed E-state index contributed by atoms with van der Waals surface area (Å²) in [7, 11) is 0. The maximum absolute atomic E-state index is 14.1. The fourth-order valence-electron chi connectivity index (χ4n) is 2.09. The molecule has 0 fully saturated rings. The molecule has 0 aliphatic rings. The third kappa shape index (κ3) is 3.19. The highest BCUT2D eigenvalue weighted by Gasteiger charge is 2.22. The lowest BCUT2D eigenvalue weighted by Gasteiger charge is -2.22. The lowest BCUT2D eigenvalue weighted by atomic mass is 9.98. The van der Waals surface area contributed by atoms with Crippen LogP contribution in [0.25, 0.3) is 0 Å². The van der Waals surface area contributed by atoms with E-state index in [4.69, 9.17) is 11.6 Å². The second-order valence-electron chi connectivity index (χ2n) is 4.29. The predicted molar refractivity (Wildman–Crippen MR) is 81.0 cm³/mol. The van der Waals surface area contributed by atoms with Crippen molar-refractivity contribution in [3.8, 4) is 0 Å². The minimum atomic E-state index is -0.515. The van der Waals surface area contributed by atoms with E-state index < -0.39 is 11.9 Å². The Morgan fingerprint density at radius 1 is 1.25 bits per heavy atom. The summed E-state index contributed by atoms with van der Waals surface area (Å²) in [6.07, 6.45) is 0. The molecular weight excluding hydrogens is 348 g/mol. The predicted octanol–water partition coefficient (Wildman–Crippen LogP) is 5.08. The number of rotatable bonds is 4. The minimum absolute atomic E-state index is 0.370. The van der Waals surface area contributed by atoms with Crippen molar-refractivity contribution >= 4 is 27.5 Å². The average Bonchev–Trinajstić information content (AvgIpc) is 2.40. The molecular formula is C15H13BrClF2N. The average molecular weight is 361 g/mol. The molecule has 0 heterocycles. The Morgan fingerprint density at radius 2 is 2.00 bits per heavy atom. The van der Waals surface area contributed by atoms with Gasteiger partial charge in [0, 0.05) is 15.1 Å². The van der Waals surface area contributed by atoms with Crippen LogP contribution in [0.3, 0.4) is 0 Å². The Balaban J connectivity index is 2.59. The van der Waals surface area contributed by atoms with Gasteiger partial charge in [-0.05, 0) is 42.4 Å². The Labute approximate surface area is 130 Å². The first kappa shape index (κ1) is 15.4. The first-order valence-corrected chi connectivity index (χ1v) is 7.34. The molecule has 5 heteroatoms. The number of hydrogen-bond donors (Lipinski definition) is 1. The number of halogens is 4. The van der Waals surface area contributed by atoms with Gasteiger partial charge in [0.1, 0.15) is 11.6 Å². The normalized spacial score (nSPS) is 12.4. The van der Waals surface area contributed by atoms with E-state index in [1.54, 1.807) is 12.1 Å². The molecule has 0 amide bonds. The van der Waals surface area contributed by atoms with Gasteiger partial charge in [0.15, 0.2) is 0 Å². The molecule has 2 aromatic rings. The Bertz CT molecular complexity index is 599. The van der Waals surface area contributed by atoms with Crippen LogP contribution in [0, 0.1) is 11.6 Å². The molecule has 0 bridgehead atoms. The van der Waals surface area contributed by atoms with Crippen molar-refractivity contribution in [1.29, 1.82) is 0 Å². The zero-order valence-electron chi connectivity index (χ0n) is 10.8. The highest BCUT2D eigenvalue weighted by molar-refractivity contribution is 9.10. The van der Waals surface area contributed by atoms with Crippen molar-refractivity contribution in [3.63, 3.8) is 0 Å². The molecule has 1 atom stereocenters. The summed E-state index contributed by atoms with van der Waals surface area (Å²) in [5.74, 6) is -0.773. The van der Waals surface area contributed by atoms with Crippen LogP contribution in [0.5, 0.6) is 0 Å². The first-order chi connectivity index (χ1) is 9.54. The van der Waals surface area contributed by atoms with Crippen molar-refractivity contribution < 1.29 is 8.78 Å². The zero-order valence-corrected chi connectivity index (χ0v) is 13.1. The van der Waals surface area contributed by atoms with E-state index in [1.165, 1.54) is 24.3 Å². The van der Waals surface area contributed by atoms with E-state index in [0.29, 0.717) is 27.2 Å². The van der Waals surface area contributed by atoms with E-state index in [2.05, 4.69) is 21.2 Å². The minimum Gasteiger partial charge on any atom is -0.306 e. The van der Waals surface area contributed by atoms with E-state index in [9.17, 15) is 8.78 Å². The summed E-state index contributed by atoms with van der Waals surface area (Å²) in [5.41, 5.74) is 0.932. The molecule has 0 aliphatic heterocycles. The molecule has 0 aliphatic carbocycles. The molecule has 0 saturated carbocycles. The van der Waals surface area contributed by atoms with Crippen LogP contribution in [0.2, 0.25) is 5.02 Å². The van der Waals surface area contributed by atoms with Crippen molar-refractivity contribution in [2.75, 3.05) is 6.54 Å². The molecule has 2 aromatic carbocycles. The van der Waals surface area contributed by atoms with E-state index >= 15 is 0 Å². The molecule has 0 spiro atoms. The highest BCUT2D eigenvalue weighted by atomic mass is 79.9. The quantitative estimate of drug-likeness (QED) is 0.802. The van der Waals surface area contributed by atoms with Gasteiger partial charge in [-0.1, -0.05) is 40.5 Å². The van der Waals surface area contributed by atoms with E-state index in [1.807, 2.05) is 6.92 Å². The second-order valence-corrected chi connectivity index (χ2v) is 5.55. The van der Waals surface area contributed by atoms with Crippen LogP contribution in [-0.2, 0) is 0 Å². The molecule has 0 saturated heterocycles. The number of benzene rings is 2. The third-order valence-electron chi connectivity index (χ3n) is 2.97. The van der Waals surface area contributed by atoms with E-state index in [-0.39, 0.29) is 5.82 Å². The van der Waals surface area contributed by atoms with Gasteiger partial charge in [0.25, 0.3) is 0 Å². The van der Waals surface area contributed by atoms with Crippen molar-refractivity contribution in [1.82, 2.24) is 5.32 Å². The molecule has 20 heavy (non-hydrogen) atoms. The second kappa shape index (κ2) is 6.66. The van der Waals surface area contributed by atoms with Gasteiger partial charge in [0.2, 0.25) is 0 Å². The largest absolute Gasteiger partial charge is 0.306 e. The zero-order chi connectivity index (χ0) is 14.7. The van der Waals surface area contributed by atoms with Gasteiger partial charge >= 0.3 is 0 Å². The topological polar surface area (TPSA) is 12.0 Å². The maximum Gasteiger partial charge on any atom is 0.129 e. The molecule has 2 rings (SSSR count). The highest BCUT2D eigenvalue weighted by Crippen LogP contribution is 2.34. The first-order valence-electron chi connectivity index (χ1n) is 6.16. The SMILES string of the molecule is CCNC(c1cc(F)ccc1Cl)c1c(F)cccc1Br. The van der Waals surface area contributed by atoms with Crippen LogP contribution >= 0.6 is 27.5 Å². The van der Waals surface area contributed by atoms with Crippen LogP contribution < -0.4 is 5.32 Å². The van der Waals surface area contributed by atoms with Crippen molar-refractivity contribution in [2.45, 2.75) is 13.0 Å². The Kier molecular flexibility index (Phi) is 5.13. The lowest BCUT2D eigenvalue weighted by Crippen LogP contribution is -2.24. The summed E-state index contributed by atoms with van der Waals surface area (Å²) < 4.78 is 28.2. The molecule has 0 aromatic heterocycles. The smallest absolute Gasteiger partial charge is 0.129 e. The van der Waals surface area contributed by atoms with Crippen molar-refractivity contribution in [3.05, 3.63) is 68.7 Å². The summed E-state index contributed by atoms with van der Waals surface area (Å²) >= 11 is 9.48. The standard InChI is InChI=1S/C15H13BrClF2N/c1-2-20-15(10-8-9(18)6-7-12(10)17)14-11(16)4-3-5-13(14)19/h3-8,15,20H,2H2,1H3. The summed E-state index contributed by atoms with van der Waals surface area (Å²) in [6, 6.07) is 8.30. The van der Waals surface area contributed by atoms with Crippen LogP contribution in [0.15, 0.2) is 40.9 Å². The Morgan fingerprint density at radius 3 is 2.65 bits per heavy atom. The van der Waals surface area contributed by atoms with Crippen LogP contribution in [0.4, 0.5) is 8.78 Å². The number of hydrogen-bond acceptors (Lipinski definition) is 1. The van der Waals surface area contributed by atoms with Gasteiger partial charge in [0.05, 0.1) is 6.04 Å². The van der Waals surface area contributed by atoms with Crippen molar-refractivity contribution in [2.24, 2.45) is 0 Å². The Hall–Kier alpha value is -0.970. The molecule has 1 unspecified atom stereocenters. The van der Waals surface area contributed by atoms with Gasteiger partial charge in [-0.2, -0.15) is 0 Å². The van der Waals surface area contributed by atoms with Gasteiger partial charge in [-0.15, -0.1) is 0 Å². The molecule has 106 valence electrons. The maximum atomic E-state index is 14.1. The van der Waals surface area contributed by atoms with E-state index in [0.717, 1.165) is 0 Å². The van der Waals surface area contributed by atoms with Gasteiger partial charge in [-0.25, -0.2) is 8.78 Å². The summed E-state index contributed by atoms with van der Waals surface area (Å²) in [4.78, 5) is 0. The van der Waals surface area contributed by atoms with Gasteiger partial charge in [-0.3, -0.25) is 0 Å². The fraction of sp³-hybridized carbons (Fsp3) is 0.200. The number of nitrogens with one attached hydrogen (secondary N) is 1. The summed E-state index contributed by atoms with van der Waals surface area (Å²) in [6.45, 7) is 2.49. The van der Waals surface area contributed by atoms with Crippen LogP contribution in [-0.4, -0.2) is 6.54 Å². The molecule has 1 N–H and O–H groups in total. The molecule has 0 radical (unpaired) electrons. The third-order valence-corrected chi connectivity index (χ3v) is 4.00.